The lowest BCUT2D eigenvalue weighted by Crippen LogP contribution is -2.50. The minimum absolute atomic E-state index is 0.0253. The summed E-state index contributed by atoms with van der Waals surface area (Å²) in [5, 5.41) is -0.791. The molecule has 3 aromatic rings. The average Bonchev–Trinajstić information content (AvgIpc) is 2.92. The molecular formula is C25H26Cl2F3N5O5S. The van der Waals surface area contributed by atoms with E-state index >= 15 is 0 Å². The first kappa shape index (κ1) is 31.0. The highest BCUT2D eigenvalue weighted by atomic mass is 35.5. The van der Waals surface area contributed by atoms with Crippen molar-refractivity contribution in [3.8, 4) is 0 Å². The lowest BCUT2D eigenvalue weighted by atomic mass is 10.0. The maximum absolute atomic E-state index is 14.2. The second-order valence-electron chi connectivity index (χ2n) is 9.47. The number of nitrogens with zero attached hydrogens (tertiary/aromatic N) is 3. The molecule has 2 aromatic carbocycles. The maximum Gasteiger partial charge on any atom is 0.416 e. The molecule has 3 N–H and O–H groups in total. The molecule has 0 bridgehead atoms. The van der Waals surface area contributed by atoms with Gasteiger partial charge >= 0.3 is 11.9 Å². The molecule has 0 radical (unpaired) electrons. The van der Waals surface area contributed by atoms with Crippen molar-refractivity contribution in [3.05, 3.63) is 71.8 Å². The van der Waals surface area contributed by atoms with Gasteiger partial charge in [-0.25, -0.2) is 13.2 Å². The van der Waals surface area contributed by atoms with Crippen LogP contribution in [0.15, 0.2) is 38.8 Å². The Balaban J connectivity index is 1.81. The van der Waals surface area contributed by atoms with Crippen LogP contribution < -0.4 is 17.0 Å². The second-order valence-corrected chi connectivity index (χ2v) is 12.5. The van der Waals surface area contributed by atoms with Crippen LogP contribution in [0.2, 0.25) is 10.0 Å². The molecule has 10 nitrogen and oxygen atoms in total. The molecule has 0 aliphatic carbocycles. The van der Waals surface area contributed by atoms with Crippen LogP contribution in [0.1, 0.15) is 23.6 Å². The summed E-state index contributed by atoms with van der Waals surface area (Å²) >= 11 is 12.5. The first-order chi connectivity index (χ1) is 19.2. The lowest BCUT2D eigenvalue weighted by molar-refractivity contribution is -0.138. The third-order valence-corrected chi connectivity index (χ3v) is 9.45. The molecule has 1 amide bonds. The zero-order chi connectivity index (χ0) is 30.3. The monoisotopic (exact) mass is 635 g/mol. The Labute approximate surface area is 242 Å². The van der Waals surface area contributed by atoms with Gasteiger partial charge in [-0.15, -0.1) is 0 Å². The number of carbonyl (C=O) groups is 1. The van der Waals surface area contributed by atoms with Crippen LogP contribution in [0.4, 0.5) is 13.2 Å². The van der Waals surface area contributed by atoms with E-state index < -0.39 is 49.8 Å². The minimum atomic E-state index is -4.90. The van der Waals surface area contributed by atoms with Crippen molar-refractivity contribution in [1.29, 1.82) is 0 Å². The van der Waals surface area contributed by atoms with Crippen molar-refractivity contribution in [2.45, 2.75) is 31.1 Å². The Morgan fingerprint density at radius 1 is 1.07 bits per heavy atom. The van der Waals surface area contributed by atoms with Crippen molar-refractivity contribution in [2.75, 3.05) is 38.5 Å². The number of H-pyrrole nitrogens is 1. The molecule has 0 spiro atoms. The van der Waals surface area contributed by atoms with Crippen LogP contribution in [0.3, 0.4) is 0 Å². The molecule has 0 saturated carbocycles. The molecular weight excluding hydrogens is 610 g/mol. The zero-order valence-electron chi connectivity index (χ0n) is 21.7. The summed E-state index contributed by atoms with van der Waals surface area (Å²) in [5.74, 6) is -0.536. The van der Waals surface area contributed by atoms with Crippen molar-refractivity contribution in [3.63, 3.8) is 0 Å². The van der Waals surface area contributed by atoms with Gasteiger partial charge in [-0.2, -0.15) is 13.2 Å². The number of nitrogens with two attached hydrogens (primary N) is 1. The molecule has 0 unspecified atom stereocenters. The Hall–Kier alpha value is -2.91. The number of nitrogens with one attached hydrogen (secondary N) is 1. The van der Waals surface area contributed by atoms with Crippen molar-refractivity contribution >= 4 is 49.8 Å². The summed E-state index contributed by atoms with van der Waals surface area (Å²) < 4.78 is 68.5. The number of fused-ring (bicyclic) bond motifs is 1. The van der Waals surface area contributed by atoms with Crippen molar-refractivity contribution in [1.82, 2.24) is 19.4 Å². The van der Waals surface area contributed by atoms with Gasteiger partial charge in [0.1, 0.15) is 0 Å². The van der Waals surface area contributed by atoms with Gasteiger partial charge in [-0.05, 0) is 35.4 Å². The van der Waals surface area contributed by atoms with Crippen LogP contribution in [0, 0.1) is 0 Å². The summed E-state index contributed by atoms with van der Waals surface area (Å²) in [5.41, 5.74) is 1.57. The summed E-state index contributed by atoms with van der Waals surface area (Å²) in [7, 11) is -3.79. The first-order valence-electron chi connectivity index (χ1n) is 12.4. The number of hydrogen-bond acceptors (Lipinski definition) is 7. The Morgan fingerprint density at radius 3 is 2.32 bits per heavy atom. The number of halogens is 5. The van der Waals surface area contributed by atoms with E-state index in [1.165, 1.54) is 30.0 Å². The largest absolute Gasteiger partial charge is 0.416 e. The van der Waals surface area contributed by atoms with Crippen LogP contribution in [0.25, 0.3) is 10.9 Å². The van der Waals surface area contributed by atoms with E-state index in [1.54, 1.807) is 4.90 Å². The van der Waals surface area contributed by atoms with E-state index in [0.717, 1.165) is 0 Å². The van der Waals surface area contributed by atoms with E-state index in [4.69, 9.17) is 28.9 Å². The van der Waals surface area contributed by atoms with Gasteiger partial charge < -0.3 is 15.6 Å². The van der Waals surface area contributed by atoms with E-state index in [1.807, 2.05) is 0 Å². The number of alkyl halides is 3. The number of rotatable bonds is 7. The molecule has 1 aliphatic heterocycles. The van der Waals surface area contributed by atoms with Gasteiger partial charge in [0, 0.05) is 37.7 Å². The highest BCUT2D eigenvalue weighted by Gasteiger charge is 2.37. The number of piperazine rings is 1. The van der Waals surface area contributed by atoms with Gasteiger partial charge in [0.05, 0.1) is 45.2 Å². The number of hydrogen-bond donors (Lipinski definition) is 2. The number of sulfone groups is 1. The second kappa shape index (κ2) is 11.8. The number of benzene rings is 2. The highest BCUT2D eigenvalue weighted by molar-refractivity contribution is 7.91. The van der Waals surface area contributed by atoms with Crippen LogP contribution in [-0.4, -0.2) is 72.2 Å². The molecule has 41 heavy (non-hydrogen) atoms. The molecule has 1 fully saturated rings. The molecule has 4 rings (SSSR count). The standard InChI is InChI=1S/C25H26Cl2F3N5O5S/c1-2-41(39,40)19-4-3-15(26)9-14(19)12-35-23(37)16-10-18(25(28,29)30)17(21(27)22(16)32-24(35)38)13-33-5-7-34(8-6-33)20(36)11-31/h3-4,9-10H,2,5-8,11-13,31H2,1H3,(H,32,38). The number of amides is 1. The normalized spacial score (nSPS) is 15.0. The molecule has 222 valence electrons. The first-order valence-corrected chi connectivity index (χ1v) is 14.9. The SMILES string of the molecule is CCS(=O)(=O)c1ccc(Cl)cc1Cn1c(=O)[nH]c2c(Cl)c(CN3CCN(C(=O)CN)CC3)c(C(F)(F)F)cc2c1=O. The number of carbonyl (C=O) groups excluding carboxylic acids is 1. The molecule has 16 heteroatoms. The van der Waals surface area contributed by atoms with Gasteiger partial charge in [0.15, 0.2) is 9.84 Å². The third-order valence-electron chi connectivity index (χ3n) is 6.97. The zero-order valence-corrected chi connectivity index (χ0v) is 24.1. The molecule has 0 atom stereocenters. The molecule has 1 aliphatic rings. The number of aromatic nitrogens is 2. The van der Waals surface area contributed by atoms with Crippen molar-refractivity contribution in [2.24, 2.45) is 5.73 Å². The molecule has 1 saturated heterocycles. The fourth-order valence-electron chi connectivity index (χ4n) is 4.75. The Kier molecular flexibility index (Phi) is 8.90. The third kappa shape index (κ3) is 6.31. The van der Waals surface area contributed by atoms with Gasteiger partial charge in [-0.1, -0.05) is 30.1 Å². The van der Waals surface area contributed by atoms with E-state index in [9.17, 15) is 36.0 Å². The van der Waals surface area contributed by atoms with Gasteiger partial charge in [0.2, 0.25) is 5.91 Å². The summed E-state index contributed by atoms with van der Waals surface area (Å²) in [6, 6.07) is 4.50. The van der Waals surface area contributed by atoms with Crippen LogP contribution >= 0.6 is 23.2 Å². The Bertz CT molecular complexity index is 1730. The van der Waals surface area contributed by atoms with Gasteiger partial charge in [-0.3, -0.25) is 19.1 Å². The van der Waals surface area contributed by atoms with E-state index in [0.29, 0.717) is 10.6 Å². The van der Waals surface area contributed by atoms with Crippen LogP contribution in [0.5, 0.6) is 0 Å². The molecule has 1 aromatic heterocycles. The summed E-state index contributed by atoms with van der Waals surface area (Å²) in [4.78, 5) is 43.7. The smallest absolute Gasteiger partial charge is 0.339 e. The predicted molar refractivity (Wildman–Crippen MR) is 148 cm³/mol. The van der Waals surface area contributed by atoms with Crippen molar-refractivity contribution < 1.29 is 26.4 Å². The Morgan fingerprint density at radius 2 is 1.73 bits per heavy atom. The number of aromatic amines is 1. The quantitative estimate of drug-likeness (QED) is 0.407. The summed E-state index contributed by atoms with van der Waals surface area (Å²) in [6.45, 7) is 1.49. The topological polar surface area (TPSA) is 139 Å². The van der Waals surface area contributed by atoms with E-state index in [-0.39, 0.29) is 77.5 Å². The lowest BCUT2D eigenvalue weighted by Gasteiger charge is -2.35. The highest BCUT2D eigenvalue weighted by Crippen LogP contribution is 2.38. The maximum atomic E-state index is 14.2. The fourth-order valence-corrected chi connectivity index (χ4v) is 6.37. The molecule has 2 heterocycles. The predicted octanol–water partition coefficient (Wildman–Crippen LogP) is 2.46. The average molecular weight is 636 g/mol. The van der Waals surface area contributed by atoms with Gasteiger partial charge in [0.25, 0.3) is 5.56 Å². The van der Waals surface area contributed by atoms with E-state index in [2.05, 4.69) is 4.98 Å². The fraction of sp³-hybridized carbons (Fsp3) is 0.400. The van der Waals surface area contributed by atoms with Crippen LogP contribution in [-0.2, 0) is 33.9 Å². The summed E-state index contributed by atoms with van der Waals surface area (Å²) in [6.07, 6.45) is -4.90. The minimum Gasteiger partial charge on any atom is -0.339 e.